The number of rotatable bonds is 5. The molecular formula is C20H31NO. The number of carbonyl (C=O) groups is 1. The Balaban J connectivity index is 2.64. The second-order valence-electron chi connectivity index (χ2n) is 8.27. The number of nitrogens with one attached hydrogen (secondary N) is 1. The Bertz CT molecular complexity index is 516. The van der Waals surface area contributed by atoms with Crippen molar-refractivity contribution in [1.82, 2.24) is 5.32 Å². The third-order valence-electron chi connectivity index (χ3n) is 3.46. The maximum absolute atomic E-state index is 12.1. The fraction of sp³-hybridized carbons (Fsp3) is 0.550. The van der Waals surface area contributed by atoms with Gasteiger partial charge in [-0.3, -0.25) is 4.79 Å². The van der Waals surface area contributed by atoms with Crippen LogP contribution in [0.15, 0.2) is 30.3 Å². The predicted octanol–water partition coefficient (Wildman–Crippen LogP) is 5.15. The van der Waals surface area contributed by atoms with Crippen LogP contribution in [0.3, 0.4) is 0 Å². The summed E-state index contributed by atoms with van der Waals surface area (Å²) in [6, 6.07) is 8.34. The van der Waals surface area contributed by atoms with Gasteiger partial charge >= 0.3 is 0 Å². The highest BCUT2D eigenvalue weighted by atomic mass is 16.1. The molecule has 1 amide bonds. The van der Waals surface area contributed by atoms with Gasteiger partial charge in [-0.15, -0.1) is 0 Å². The Morgan fingerprint density at radius 1 is 1.09 bits per heavy atom. The number of amides is 1. The third kappa shape index (κ3) is 6.93. The summed E-state index contributed by atoms with van der Waals surface area (Å²) in [6.07, 6.45) is 4.42. The Morgan fingerprint density at radius 2 is 1.64 bits per heavy atom. The molecule has 0 unspecified atom stereocenters. The molecule has 0 spiro atoms. The molecule has 0 atom stereocenters. The number of carbonyl (C=O) groups excluding carboxylic acids is 1. The first-order valence-electron chi connectivity index (χ1n) is 8.09. The van der Waals surface area contributed by atoms with E-state index >= 15 is 0 Å². The molecule has 0 aliphatic heterocycles. The molecule has 0 bridgehead atoms. The second-order valence-corrected chi connectivity index (χ2v) is 8.27. The van der Waals surface area contributed by atoms with Gasteiger partial charge in [0.2, 0.25) is 5.91 Å². The topological polar surface area (TPSA) is 29.1 Å². The van der Waals surface area contributed by atoms with Crippen molar-refractivity contribution in [3.63, 3.8) is 0 Å². The minimum atomic E-state index is -0.207. The molecule has 0 aliphatic carbocycles. The number of hydrogen-bond donors (Lipinski definition) is 1. The SMILES string of the molecule is CC(C)c1ccc(/C=C/C(=O)NC(C)(C)CC(C)(C)C)cc1. The number of hydrogen-bond acceptors (Lipinski definition) is 1. The standard InChI is InChI=1S/C20H31NO/c1-15(2)17-11-8-16(9-12-17)10-13-18(22)21-20(6,7)14-19(3,4)5/h8-13,15H,14H2,1-7H3,(H,21,22)/b13-10+. The van der Waals surface area contributed by atoms with Crippen LogP contribution < -0.4 is 5.32 Å². The molecule has 0 fully saturated rings. The molecule has 1 rings (SSSR count). The number of benzene rings is 1. The van der Waals surface area contributed by atoms with Crippen LogP contribution in [-0.2, 0) is 4.79 Å². The lowest BCUT2D eigenvalue weighted by molar-refractivity contribution is -0.118. The van der Waals surface area contributed by atoms with E-state index in [2.05, 4.69) is 78.0 Å². The van der Waals surface area contributed by atoms with E-state index in [0.717, 1.165) is 12.0 Å². The molecule has 2 heteroatoms. The molecule has 1 aromatic rings. The van der Waals surface area contributed by atoms with Crippen LogP contribution >= 0.6 is 0 Å². The summed E-state index contributed by atoms with van der Waals surface area (Å²) in [7, 11) is 0. The van der Waals surface area contributed by atoms with Crippen LogP contribution in [0.2, 0.25) is 0 Å². The van der Waals surface area contributed by atoms with E-state index in [1.54, 1.807) is 6.08 Å². The Morgan fingerprint density at radius 3 is 2.09 bits per heavy atom. The van der Waals surface area contributed by atoms with Gasteiger partial charge in [0, 0.05) is 11.6 Å². The zero-order chi connectivity index (χ0) is 17.0. The van der Waals surface area contributed by atoms with Crippen LogP contribution in [0.4, 0.5) is 0 Å². The van der Waals surface area contributed by atoms with Crippen LogP contribution in [0.1, 0.15) is 71.9 Å². The Labute approximate surface area is 136 Å². The van der Waals surface area contributed by atoms with Gasteiger partial charge in [-0.05, 0) is 48.8 Å². The van der Waals surface area contributed by atoms with Crippen molar-refractivity contribution in [3.8, 4) is 0 Å². The van der Waals surface area contributed by atoms with Gasteiger partial charge in [0.1, 0.15) is 0 Å². The molecule has 0 saturated heterocycles. The van der Waals surface area contributed by atoms with E-state index in [1.165, 1.54) is 5.56 Å². The van der Waals surface area contributed by atoms with Crippen molar-refractivity contribution in [3.05, 3.63) is 41.5 Å². The maximum Gasteiger partial charge on any atom is 0.244 e. The molecule has 0 heterocycles. The van der Waals surface area contributed by atoms with Crippen LogP contribution in [0.25, 0.3) is 6.08 Å². The average Bonchev–Trinajstić information content (AvgIpc) is 2.33. The van der Waals surface area contributed by atoms with Crippen molar-refractivity contribution < 1.29 is 4.79 Å². The molecule has 1 aromatic carbocycles. The quantitative estimate of drug-likeness (QED) is 0.748. The van der Waals surface area contributed by atoms with Gasteiger partial charge in [0.15, 0.2) is 0 Å². The van der Waals surface area contributed by atoms with Crippen molar-refractivity contribution in [2.45, 2.75) is 66.3 Å². The highest BCUT2D eigenvalue weighted by molar-refractivity contribution is 5.92. The first-order valence-corrected chi connectivity index (χ1v) is 8.09. The molecular weight excluding hydrogens is 270 g/mol. The third-order valence-corrected chi connectivity index (χ3v) is 3.46. The molecule has 22 heavy (non-hydrogen) atoms. The predicted molar refractivity (Wildman–Crippen MR) is 95.9 cm³/mol. The minimum Gasteiger partial charge on any atom is -0.348 e. The van der Waals surface area contributed by atoms with Gasteiger partial charge < -0.3 is 5.32 Å². The zero-order valence-electron chi connectivity index (χ0n) is 15.2. The van der Waals surface area contributed by atoms with Gasteiger partial charge in [-0.25, -0.2) is 0 Å². The highest BCUT2D eigenvalue weighted by Gasteiger charge is 2.26. The molecule has 0 saturated carbocycles. The van der Waals surface area contributed by atoms with E-state index in [0.29, 0.717) is 5.92 Å². The van der Waals surface area contributed by atoms with Crippen molar-refractivity contribution in [2.24, 2.45) is 5.41 Å². The maximum atomic E-state index is 12.1. The van der Waals surface area contributed by atoms with Crippen molar-refractivity contribution >= 4 is 12.0 Å². The highest BCUT2D eigenvalue weighted by Crippen LogP contribution is 2.26. The lowest BCUT2D eigenvalue weighted by Crippen LogP contribution is -2.45. The Kier molecular flexibility index (Phi) is 5.99. The lowest BCUT2D eigenvalue weighted by atomic mass is 9.82. The van der Waals surface area contributed by atoms with Gasteiger partial charge in [-0.2, -0.15) is 0 Å². The largest absolute Gasteiger partial charge is 0.348 e. The van der Waals surface area contributed by atoms with Crippen molar-refractivity contribution in [1.29, 1.82) is 0 Å². The van der Waals surface area contributed by atoms with Crippen molar-refractivity contribution in [2.75, 3.05) is 0 Å². The van der Waals surface area contributed by atoms with E-state index in [-0.39, 0.29) is 16.9 Å². The lowest BCUT2D eigenvalue weighted by Gasteiger charge is -2.32. The van der Waals surface area contributed by atoms with Gasteiger partial charge in [0.25, 0.3) is 0 Å². The summed E-state index contributed by atoms with van der Waals surface area (Å²) in [5.74, 6) is 0.488. The summed E-state index contributed by atoms with van der Waals surface area (Å²) in [4.78, 5) is 12.1. The van der Waals surface area contributed by atoms with Crippen LogP contribution in [0, 0.1) is 5.41 Å². The summed E-state index contributed by atoms with van der Waals surface area (Å²) >= 11 is 0. The second kappa shape index (κ2) is 7.13. The van der Waals surface area contributed by atoms with Gasteiger partial charge in [0.05, 0.1) is 0 Å². The fourth-order valence-electron chi connectivity index (χ4n) is 2.91. The average molecular weight is 301 g/mol. The molecule has 0 aliphatic rings. The van der Waals surface area contributed by atoms with E-state index in [1.807, 2.05) is 6.08 Å². The summed E-state index contributed by atoms with van der Waals surface area (Å²) < 4.78 is 0. The molecule has 1 N–H and O–H groups in total. The van der Waals surface area contributed by atoms with Gasteiger partial charge in [-0.1, -0.05) is 58.9 Å². The summed E-state index contributed by atoms with van der Waals surface area (Å²) in [5, 5.41) is 3.09. The normalized spacial score (nSPS) is 12.9. The summed E-state index contributed by atoms with van der Waals surface area (Å²) in [5.41, 5.74) is 2.34. The molecule has 0 aromatic heterocycles. The minimum absolute atomic E-state index is 0.0396. The molecule has 0 radical (unpaired) electrons. The zero-order valence-corrected chi connectivity index (χ0v) is 15.2. The summed E-state index contributed by atoms with van der Waals surface area (Å²) in [6.45, 7) is 15.1. The first-order chi connectivity index (χ1) is 9.98. The monoisotopic (exact) mass is 301 g/mol. The van der Waals surface area contributed by atoms with E-state index in [9.17, 15) is 4.79 Å². The molecule has 122 valence electrons. The van der Waals surface area contributed by atoms with E-state index < -0.39 is 0 Å². The van der Waals surface area contributed by atoms with E-state index in [4.69, 9.17) is 0 Å². The van der Waals surface area contributed by atoms with Crippen LogP contribution in [0.5, 0.6) is 0 Å². The Hall–Kier alpha value is -1.57. The fourth-order valence-corrected chi connectivity index (χ4v) is 2.91. The first kappa shape index (κ1) is 18.5. The van der Waals surface area contributed by atoms with Crippen LogP contribution in [-0.4, -0.2) is 11.4 Å². The molecule has 2 nitrogen and oxygen atoms in total. The smallest absolute Gasteiger partial charge is 0.244 e.